The van der Waals surface area contributed by atoms with E-state index in [2.05, 4.69) is 20.9 Å². The molecule has 2 aromatic rings. The maximum absolute atomic E-state index is 13.9. The fraction of sp³-hybridized carbons (Fsp3) is 0.438. The van der Waals surface area contributed by atoms with Gasteiger partial charge in [0.2, 0.25) is 0 Å². The Morgan fingerprint density at radius 3 is 2.80 bits per heavy atom. The molecular weight excluding hydrogens is 349 g/mol. The molecule has 9 heteroatoms. The number of ether oxygens (including phenoxy) is 1. The zero-order chi connectivity index (χ0) is 17.1. The van der Waals surface area contributed by atoms with E-state index in [1.54, 1.807) is 11.6 Å². The van der Waals surface area contributed by atoms with Gasteiger partial charge in [-0.2, -0.15) is 0 Å². The second kappa shape index (κ2) is 8.26. The number of hydrogen-bond donors (Lipinski definition) is 2. The summed E-state index contributed by atoms with van der Waals surface area (Å²) < 4.78 is 20.7. The highest BCUT2D eigenvalue weighted by Gasteiger charge is 2.23. The monoisotopic (exact) mass is 369 g/mol. The number of rotatable bonds is 4. The number of piperidine rings is 1. The number of benzene rings is 1. The van der Waals surface area contributed by atoms with E-state index in [-0.39, 0.29) is 29.8 Å². The van der Waals surface area contributed by atoms with Crippen LogP contribution in [0, 0.1) is 12.7 Å². The molecule has 3 rings (SSSR count). The standard InChI is InChI=1S/C16H20FN5O2.ClH/c1-10-15(20-21-22(10)11-5-7-18-8-6-11)16(23)19-14-9-12(24-2)3-4-13(14)17;/h3-4,9,11,18H,5-8H2,1-2H3,(H,19,23);1H. The lowest BCUT2D eigenvalue weighted by molar-refractivity contribution is 0.102. The Balaban J connectivity index is 0.00000225. The molecule has 1 aliphatic heterocycles. The van der Waals surface area contributed by atoms with Crippen LogP contribution in [-0.2, 0) is 0 Å². The summed E-state index contributed by atoms with van der Waals surface area (Å²) >= 11 is 0. The quantitative estimate of drug-likeness (QED) is 0.864. The van der Waals surface area contributed by atoms with Gasteiger partial charge in [0.15, 0.2) is 5.69 Å². The van der Waals surface area contributed by atoms with Crippen molar-refractivity contribution in [3.63, 3.8) is 0 Å². The highest BCUT2D eigenvalue weighted by molar-refractivity contribution is 6.03. The van der Waals surface area contributed by atoms with E-state index in [0.717, 1.165) is 25.9 Å². The molecule has 1 aromatic carbocycles. The van der Waals surface area contributed by atoms with Gasteiger partial charge in [0, 0.05) is 6.07 Å². The molecule has 2 heterocycles. The second-order valence-electron chi connectivity index (χ2n) is 5.75. The van der Waals surface area contributed by atoms with Crippen molar-refractivity contribution in [3.8, 4) is 5.75 Å². The molecule has 0 bridgehead atoms. The summed E-state index contributed by atoms with van der Waals surface area (Å²) in [4.78, 5) is 12.4. The van der Waals surface area contributed by atoms with Gasteiger partial charge in [-0.3, -0.25) is 4.79 Å². The van der Waals surface area contributed by atoms with Crippen LogP contribution >= 0.6 is 12.4 Å². The van der Waals surface area contributed by atoms with Gasteiger partial charge in [0.1, 0.15) is 11.6 Å². The summed E-state index contributed by atoms with van der Waals surface area (Å²) in [6.45, 7) is 3.64. The number of nitrogens with zero attached hydrogens (tertiary/aromatic N) is 3. The molecule has 1 fully saturated rings. The van der Waals surface area contributed by atoms with E-state index in [0.29, 0.717) is 11.4 Å². The Labute approximate surface area is 151 Å². The maximum atomic E-state index is 13.9. The number of hydrogen-bond acceptors (Lipinski definition) is 5. The van der Waals surface area contributed by atoms with Crippen LogP contribution in [0.3, 0.4) is 0 Å². The summed E-state index contributed by atoms with van der Waals surface area (Å²) in [7, 11) is 1.48. The normalized spacial score (nSPS) is 14.7. The van der Waals surface area contributed by atoms with Crippen molar-refractivity contribution in [2.45, 2.75) is 25.8 Å². The Morgan fingerprint density at radius 2 is 2.12 bits per heavy atom. The molecular formula is C16H21ClFN5O2. The number of carbonyl (C=O) groups is 1. The van der Waals surface area contributed by atoms with Gasteiger partial charge in [-0.25, -0.2) is 9.07 Å². The van der Waals surface area contributed by atoms with Gasteiger partial charge >= 0.3 is 0 Å². The summed E-state index contributed by atoms with van der Waals surface area (Å²) in [6.07, 6.45) is 1.88. The maximum Gasteiger partial charge on any atom is 0.278 e. The summed E-state index contributed by atoms with van der Waals surface area (Å²) in [6, 6.07) is 4.39. The van der Waals surface area contributed by atoms with Gasteiger partial charge in [-0.15, -0.1) is 17.5 Å². The van der Waals surface area contributed by atoms with E-state index in [1.165, 1.54) is 25.3 Å². The Bertz CT molecular complexity index is 746. The zero-order valence-electron chi connectivity index (χ0n) is 14.1. The number of nitrogens with one attached hydrogen (secondary N) is 2. The predicted molar refractivity (Wildman–Crippen MR) is 94.1 cm³/mol. The van der Waals surface area contributed by atoms with Crippen LogP contribution in [-0.4, -0.2) is 41.1 Å². The molecule has 0 aliphatic carbocycles. The van der Waals surface area contributed by atoms with Gasteiger partial charge in [-0.05, 0) is 45.0 Å². The molecule has 0 atom stereocenters. The first-order valence-electron chi connectivity index (χ1n) is 7.87. The molecule has 0 saturated carbocycles. The molecule has 136 valence electrons. The van der Waals surface area contributed by atoms with Gasteiger partial charge in [0.05, 0.1) is 24.5 Å². The van der Waals surface area contributed by atoms with E-state index < -0.39 is 11.7 Å². The third-order valence-corrected chi connectivity index (χ3v) is 4.22. The van der Waals surface area contributed by atoms with Crippen LogP contribution in [0.5, 0.6) is 5.75 Å². The zero-order valence-corrected chi connectivity index (χ0v) is 14.9. The molecule has 1 amide bonds. The smallest absolute Gasteiger partial charge is 0.278 e. The first-order chi connectivity index (χ1) is 11.6. The average Bonchev–Trinajstić information content (AvgIpc) is 2.99. The third-order valence-electron chi connectivity index (χ3n) is 4.22. The van der Waals surface area contributed by atoms with Crippen molar-refractivity contribution in [2.24, 2.45) is 0 Å². The van der Waals surface area contributed by atoms with Crippen molar-refractivity contribution in [2.75, 3.05) is 25.5 Å². The van der Waals surface area contributed by atoms with Crippen LogP contribution < -0.4 is 15.4 Å². The highest BCUT2D eigenvalue weighted by Crippen LogP contribution is 2.23. The first-order valence-corrected chi connectivity index (χ1v) is 7.87. The van der Waals surface area contributed by atoms with Crippen molar-refractivity contribution in [1.82, 2.24) is 20.3 Å². The SMILES string of the molecule is COc1ccc(F)c(NC(=O)c2nnn(C3CCNCC3)c2C)c1.Cl. The minimum absolute atomic E-state index is 0. The van der Waals surface area contributed by atoms with E-state index >= 15 is 0 Å². The molecule has 0 spiro atoms. The lowest BCUT2D eigenvalue weighted by Crippen LogP contribution is -2.30. The Morgan fingerprint density at radius 1 is 1.40 bits per heavy atom. The topological polar surface area (TPSA) is 81.1 Å². The Kier molecular flexibility index (Phi) is 6.33. The third kappa shape index (κ3) is 4.08. The van der Waals surface area contributed by atoms with E-state index in [9.17, 15) is 9.18 Å². The number of methoxy groups -OCH3 is 1. The molecule has 1 aromatic heterocycles. The van der Waals surface area contributed by atoms with Crippen molar-refractivity contribution < 1.29 is 13.9 Å². The largest absolute Gasteiger partial charge is 0.497 e. The minimum atomic E-state index is -0.535. The Hall–Kier alpha value is -2.19. The van der Waals surface area contributed by atoms with Crippen molar-refractivity contribution in [3.05, 3.63) is 35.4 Å². The van der Waals surface area contributed by atoms with Crippen LogP contribution in [0.2, 0.25) is 0 Å². The van der Waals surface area contributed by atoms with Crippen molar-refractivity contribution >= 4 is 24.0 Å². The first kappa shape index (κ1) is 19.1. The number of carbonyl (C=O) groups excluding carboxylic acids is 1. The number of aromatic nitrogens is 3. The predicted octanol–water partition coefficient (Wildman–Crippen LogP) is 2.33. The van der Waals surface area contributed by atoms with Crippen molar-refractivity contribution in [1.29, 1.82) is 0 Å². The lowest BCUT2D eigenvalue weighted by atomic mass is 10.1. The fourth-order valence-corrected chi connectivity index (χ4v) is 2.86. The average molecular weight is 370 g/mol. The highest BCUT2D eigenvalue weighted by atomic mass is 35.5. The van der Waals surface area contributed by atoms with Crippen LogP contribution in [0.25, 0.3) is 0 Å². The summed E-state index contributed by atoms with van der Waals surface area (Å²) in [5, 5.41) is 13.9. The molecule has 1 aliphatic rings. The molecule has 0 unspecified atom stereocenters. The molecule has 7 nitrogen and oxygen atoms in total. The molecule has 2 N–H and O–H groups in total. The van der Waals surface area contributed by atoms with Crippen LogP contribution in [0.4, 0.5) is 10.1 Å². The van der Waals surface area contributed by atoms with Crippen LogP contribution in [0.1, 0.15) is 35.1 Å². The van der Waals surface area contributed by atoms with Gasteiger partial charge in [-0.1, -0.05) is 5.21 Å². The van der Waals surface area contributed by atoms with E-state index in [1.807, 2.05) is 0 Å². The molecule has 25 heavy (non-hydrogen) atoms. The lowest BCUT2D eigenvalue weighted by Gasteiger charge is -2.23. The minimum Gasteiger partial charge on any atom is -0.497 e. The number of halogens is 2. The van der Waals surface area contributed by atoms with Gasteiger partial charge in [0.25, 0.3) is 5.91 Å². The number of anilines is 1. The van der Waals surface area contributed by atoms with Gasteiger partial charge < -0.3 is 15.4 Å². The van der Waals surface area contributed by atoms with E-state index in [4.69, 9.17) is 4.74 Å². The summed E-state index contributed by atoms with van der Waals surface area (Å²) in [5.41, 5.74) is 0.939. The second-order valence-corrected chi connectivity index (χ2v) is 5.75. The summed E-state index contributed by atoms with van der Waals surface area (Å²) in [5.74, 6) is -0.561. The number of amides is 1. The molecule has 0 radical (unpaired) electrons. The molecule has 1 saturated heterocycles. The fourth-order valence-electron chi connectivity index (χ4n) is 2.86. The van der Waals surface area contributed by atoms with Crippen LogP contribution in [0.15, 0.2) is 18.2 Å².